The molecule has 1 amide bonds. The summed E-state index contributed by atoms with van der Waals surface area (Å²) >= 11 is 0. The highest BCUT2D eigenvalue weighted by atomic mass is 19.4. The zero-order valence-electron chi connectivity index (χ0n) is 24.3. The average molecular weight is 590 g/mol. The molecule has 0 saturated carbocycles. The van der Waals surface area contributed by atoms with Crippen LogP contribution in [0.5, 0.6) is 5.75 Å². The second-order valence-electron chi connectivity index (χ2n) is 12.5. The number of anilines is 3. The minimum absolute atomic E-state index is 0.0164. The minimum atomic E-state index is -4.57. The van der Waals surface area contributed by atoms with Gasteiger partial charge in [0, 0.05) is 63.1 Å². The highest BCUT2D eigenvalue weighted by Gasteiger charge is 2.41. The predicted molar refractivity (Wildman–Crippen MR) is 151 cm³/mol. The van der Waals surface area contributed by atoms with Crippen LogP contribution in [0.1, 0.15) is 56.2 Å². The van der Waals surface area contributed by atoms with E-state index in [1.807, 2.05) is 26.8 Å². The Balaban J connectivity index is 1.17. The second kappa shape index (κ2) is 11.1. The Morgan fingerprint density at radius 2 is 1.79 bits per heavy atom. The Morgan fingerprint density at radius 1 is 1.07 bits per heavy atom. The van der Waals surface area contributed by atoms with Crippen LogP contribution in [0.3, 0.4) is 0 Å². The largest absolute Gasteiger partial charge is 0.486 e. The van der Waals surface area contributed by atoms with E-state index in [1.54, 1.807) is 17.2 Å². The summed E-state index contributed by atoms with van der Waals surface area (Å²) in [7, 11) is 0. The van der Waals surface area contributed by atoms with Crippen LogP contribution in [0.4, 0.5) is 35.2 Å². The van der Waals surface area contributed by atoms with Gasteiger partial charge in [-0.25, -0.2) is 9.78 Å². The van der Waals surface area contributed by atoms with E-state index in [0.29, 0.717) is 69.9 Å². The molecule has 6 rings (SSSR count). The van der Waals surface area contributed by atoms with Crippen molar-refractivity contribution in [3.8, 4) is 5.75 Å². The van der Waals surface area contributed by atoms with Gasteiger partial charge in [0.2, 0.25) is 0 Å². The van der Waals surface area contributed by atoms with Crippen molar-refractivity contribution >= 4 is 23.3 Å². The monoisotopic (exact) mass is 589 g/mol. The highest BCUT2D eigenvalue weighted by Crippen LogP contribution is 2.47. The van der Waals surface area contributed by atoms with Gasteiger partial charge in [-0.15, -0.1) is 0 Å². The first-order valence-electron chi connectivity index (χ1n) is 14.6. The number of pyridine rings is 1. The molecule has 0 aliphatic carbocycles. The number of hydrogen-bond donors (Lipinski definition) is 1. The number of piperidine rings is 1. The third-order valence-electron chi connectivity index (χ3n) is 8.43. The van der Waals surface area contributed by atoms with E-state index in [1.165, 1.54) is 6.07 Å². The molecule has 228 valence electrons. The second-order valence-corrected chi connectivity index (χ2v) is 12.5. The summed E-state index contributed by atoms with van der Waals surface area (Å²) < 4.78 is 59.9. The number of carbonyl (C=O) groups excluding carboxylic acids is 1. The maximum Gasteiger partial charge on any atom is 0.420 e. The lowest BCUT2D eigenvalue weighted by molar-refractivity contribution is -0.139. The standard InChI is InChI=1S/C30H38F3N5O4/c1-29(2,3)42-28(39)37-8-5-21(6-9-37)38-16-20(17-38)19-14-23(30(31,32)33)26-24(15-19)35-27-22(18-41-26)25(4-7-34-27)36-10-12-40-13-11-36/h4,7,14-15,20-21H,5-6,8-13,16-18H2,1-3H3,(H,34,35). The van der Waals surface area contributed by atoms with Gasteiger partial charge >= 0.3 is 12.3 Å². The number of halogens is 3. The number of alkyl halides is 3. The number of amides is 1. The lowest BCUT2D eigenvalue weighted by Crippen LogP contribution is -2.55. The van der Waals surface area contributed by atoms with Gasteiger partial charge in [0.05, 0.1) is 30.0 Å². The van der Waals surface area contributed by atoms with E-state index < -0.39 is 17.3 Å². The molecule has 0 radical (unpaired) electrons. The summed E-state index contributed by atoms with van der Waals surface area (Å²) in [6.07, 6.45) is -1.57. The Hall–Kier alpha value is -3.25. The quantitative estimate of drug-likeness (QED) is 0.512. The van der Waals surface area contributed by atoms with Gasteiger partial charge in [0.25, 0.3) is 0 Å². The summed E-state index contributed by atoms with van der Waals surface area (Å²) in [5.74, 6) is 0.287. The van der Waals surface area contributed by atoms with E-state index in [-0.39, 0.29) is 30.1 Å². The highest BCUT2D eigenvalue weighted by molar-refractivity contribution is 5.75. The molecule has 1 aromatic carbocycles. The van der Waals surface area contributed by atoms with E-state index in [0.717, 1.165) is 24.1 Å². The van der Waals surface area contributed by atoms with Gasteiger partial charge in [0.1, 0.15) is 18.0 Å². The van der Waals surface area contributed by atoms with Crippen LogP contribution in [0.25, 0.3) is 0 Å². The molecule has 5 heterocycles. The Morgan fingerprint density at radius 3 is 2.45 bits per heavy atom. The maximum absolute atomic E-state index is 14.3. The number of rotatable bonds is 3. The third kappa shape index (κ3) is 5.96. The van der Waals surface area contributed by atoms with Crippen molar-refractivity contribution in [3.05, 3.63) is 41.1 Å². The lowest BCUT2D eigenvalue weighted by atomic mass is 9.86. The van der Waals surface area contributed by atoms with Crippen LogP contribution in [0.15, 0.2) is 24.4 Å². The SMILES string of the molecule is CC(C)(C)OC(=O)N1CCC(N2CC(c3cc4c(c(C(F)(F)F)c3)OCc3c(N5CCOCC5)ccnc3N4)C2)CC1. The van der Waals surface area contributed by atoms with Crippen LogP contribution < -0.4 is 15.0 Å². The van der Waals surface area contributed by atoms with Crippen molar-refractivity contribution < 1.29 is 32.2 Å². The number of benzene rings is 1. The fourth-order valence-corrected chi connectivity index (χ4v) is 6.21. The van der Waals surface area contributed by atoms with Crippen molar-refractivity contribution in [1.82, 2.24) is 14.8 Å². The lowest BCUT2D eigenvalue weighted by Gasteiger charge is -2.47. The summed E-state index contributed by atoms with van der Waals surface area (Å²) in [5, 5.41) is 3.19. The third-order valence-corrected chi connectivity index (χ3v) is 8.43. The number of fused-ring (bicyclic) bond motifs is 2. The van der Waals surface area contributed by atoms with Gasteiger partial charge in [-0.3, -0.25) is 4.90 Å². The Bertz CT molecular complexity index is 1310. The molecule has 0 bridgehead atoms. The molecule has 0 atom stereocenters. The van der Waals surface area contributed by atoms with Crippen LogP contribution in [0, 0.1) is 0 Å². The van der Waals surface area contributed by atoms with Crippen molar-refractivity contribution in [3.63, 3.8) is 0 Å². The molecule has 9 nitrogen and oxygen atoms in total. The van der Waals surface area contributed by atoms with E-state index in [4.69, 9.17) is 14.2 Å². The zero-order valence-corrected chi connectivity index (χ0v) is 24.3. The number of morpholine rings is 1. The van der Waals surface area contributed by atoms with E-state index >= 15 is 0 Å². The van der Waals surface area contributed by atoms with Gasteiger partial charge in [-0.1, -0.05) is 0 Å². The topological polar surface area (TPSA) is 79.4 Å². The fraction of sp³-hybridized carbons (Fsp3) is 0.600. The fourth-order valence-electron chi connectivity index (χ4n) is 6.21. The predicted octanol–water partition coefficient (Wildman–Crippen LogP) is 5.37. The number of aromatic nitrogens is 1. The van der Waals surface area contributed by atoms with Crippen LogP contribution in [-0.2, 0) is 22.3 Å². The molecule has 42 heavy (non-hydrogen) atoms. The number of hydrogen-bond acceptors (Lipinski definition) is 8. The van der Waals surface area contributed by atoms with Crippen molar-refractivity contribution in [2.45, 2.75) is 64.0 Å². The first kappa shape index (κ1) is 28.9. The van der Waals surface area contributed by atoms with E-state index in [2.05, 4.69) is 20.1 Å². The summed E-state index contributed by atoms with van der Waals surface area (Å²) in [5.41, 5.74) is 1.24. The number of nitrogens with zero attached hydrogens (tertiary/aromatic N) is 4. The maximum atomic E-state index is 14.3. The smallest absolute Gasteiger partial charge is 0.420 e. The Kier molecular flexibility index (Phi) is 7.63. The average Bonchev–Trinajstić information content (AvgIpc) is 3.10. The van der Waals surface area contributed by atoms with Gasteiger partial charge in [-0.2, -0.15) is 13.2 Å². The number of likely N-dealkylation sites (tertiary alicyclic amines) is 2. The van der Waals surface area contributed by atoms with Crippen LogP contribution in [-0.4, -0.2) is 85.0 Å². The van der Waals surface area contributed by atoms with Crippen molar-refractivity contribution in [2.75, 3.05) is 62.7 Å². The molecule has 4 aliphatic heterocycles. The number of ether oxygens (including phenoxy) is 3. The zero-order chi connectivity index (χ0) is 29.6. The van der Waals surface area contributed by atoms with Crippen LogP contribution in [0.2, 0.25) is 0 Å². The summed E-state index contributed by atoms with van der Waals surface area (Å²) in [4.78, 5) is 23.1. The molecule has 12 heteroatoms. The molecule has 2 aromatic rings. The molecule has 4 aliphatic rings. The number of nitrogens with one attached hydrogen (secondary N) is 1. The number of carbonyl (C=O) groups is 1. The Labute approximate surface area is 243 Å². The van der Waals surface area contributed by atoms with Crippen LogP contribution >= 0.6 is 0 Å². The molecule has 3 saturated heterocycles. The van der Waals surface area contributed by atoms with Gasteiger partial charge in [-0.05, 0) is 57.4 Å². The summed E-state index contributed by atoms with van der Waals surface area (Å²) in [6.45, 7) is 10.7. The molecular weight excluding hydrogens is 551 g/mol. The molecule has 1 N–H and O–H groups in total. The minimum Gasteiger partial charge on any atom is -0.486 e. The van der Waals surface area contributed by atoms with Gasteiger partial charge in [0.15, 0.2) is 5.75 Å². The molecular formula is C30H38F3N5O4. The van der Waals surface area contributed by atoms with Crippen molar-refractivity contribution in [2.24, 2.45) is 0 Å². The molecule has 3 fully saturated rings. The molecule has 0 spiro atoms. The molecule has 1 aromatic heterocycles. The molecule has 0 unspecified atom stereocenters. The first-order valence-corrected chi connectivity index (χ1v) is 14.6. The summed E-state index contributed by atoms with van der Waals surface area (Å²) in [6, 6.07) is 5.21. The van der Waals surface area contributed by atoms with Gasteiger partial charge < -0.3 is 29.3 Å². The first-order chi connectivity index (χ1) is 20.0. The van der Waals surface area contributed by atoms with E-state index in [9.17, 15) is 18.0 Å². The van der Waals surface area contributed by atoms with Crippen molar-refractivity contribution in [1.29, 1.82) is 0 Å². The normalized spacial score (nSPS) is 20.5.